The Morgan fingerprint density at radius 2 is 1.83 bits per heavy atom. The molecule has 2 atom stereocenters. The largest absolute Gasteiger partial charge is 0.490 e. The third kappa shape index (κ3) is 5.68. The number of nitrogens with zero attached hydrogens (tertiary/aromatic N) is 2. The molecule has 3 rings (SSSR count). The van der Waals surface area contributed by atoms with Crippen molar-refractivity contribution < 1.29 is 36.2 Å². The summed E-state index contributed by atoms with van der Waals surface area (Å²) < 4.78 is 65.0. The van der Waals surface area contributed by atoms with Crippen LogP contribution < -0.4 is 0 Å². The molecule has 0 unspecified atom stereocenters. The van der Waals surface area contributed by atoms with Gasteiger partial charge in [-0.05, 0) is 25.1 Å². The molecular formula is C18H25F3N2O5S. The minimum Gasteiger partial charge on any atom is -0.475 e. The Morgan fingerprint density at radius 3 is 2.31 bits per heavy atom. The lowest BCUT2D eigenvalue weighted by molar-refractivity contribution is -0.192. The number of benzene rings is 1. The molecule has 0 aromatic heterocycles. The maximum atomic E-state index is 12.9. The Kier molecular flexibility index (Phi) is 7.31. The van der Waals surface area contributed by atoms with Crippen LogP contribution in [0, 0.1) is 11.3 Å². The zero-order valence-corrected chi connectivity index (χ0v) is 17.0. The number of sulfonamides is 1. The second-order valence-corrected chi connectivity index (χ2v) is 9.41. The van der Waals surface area contributed by atoms with Crippen LogP contribution in [0.25, 0.3) is 0 Å². The van der Waals surface area contributed by atoms with Gasteiger partial charge in [0.15, 0.2) is 0 Å². The smallest absolute Gasteiger partial charge is 0.475 e. The van der Waals surface area contributed by atoms with Gasteiger partial charge < -0.3 is 14.7 Å². The number of aliphatic carboxylic acids is 1. The molecule has 164 valence electrons. The van der Waals surface area contributed by atoms with Crippen LogP contribution in [-0.4, -0.2) is 81.3 Å². The summed E-state index contributed by atoms with van der Waals surface area (Å²) in [6.07, 6.45) is -5.08. The molecule has 1 aromatic rings. The molecule has 2 saturated heterocycles. The first-order chi connectivity index (χ1) is 13.4. The van der Waals surface area contributed by atoms with E-state index in [-0.39, 0.29) is 5.41 Å². The van der Waals surface area contributed by atoms with Crippen molar-refractivity contribution >= 4 is 16.0 Å². The summed E-state index contributed by atoms with van der Waals surface area (Å²) in [7, 11) is -1.37. The SMILES string of the molecule is C[C@H]1CN(C)C[C@@]12COCCN(S(=O)(=O)c1ccccc1)C2.O=C(O)C(F)(F)F. The molecule has 2 heterocycles. The summed E-state index contributed by atoms with van der Waals surface area (Å²) in [5.41, 5.74) is -0.104. The van der Waals surface area contributed by atoms with Crippen molar-refractivity contribution in [2.45, 2.75) is 18.0 Å². The summed E-state index contributed by atoms with van der Waals surface area (Å²) in [5.74, 6) is -2.34. The Labute approximate surface area is 168 Å². The maximum absolute atomic E-state index is 12.9. The number of carboxylic acids is 1. The molecule has 0 radical (unpaired) electrons. The predicted molar refractivity (Wildman–Crippen MR) is 98.8 cm³/mol. The van der Waals surface area contributed by atoms with E-state index >= 15 is 0 Å². The lowest BCUT2D eigenvalue weighted by Crippen LogP contribution is -2.45. The van der Waals surface area contributed by atoms with E-state index in [0.717, 1.165) is 13.1 Å². The second kappa shape index (κ2) is 8.99. The first-order valence-electron chi connectivity index (χ1n) is 9.00. The van der Waals surface area contributed by atoms with Gasteiger partial charge in [0, 0.05) is 31.6 Å². The van der Waals surface area contributed by atoms with E-state index < -0.39 is 22.2 Å². The molecule has 0 aliphatic carbocycles. The summed E-state index contributed by atoms with van der Waals surface area (Å²) in [6, 6.07) is 8.70. The molecule has 11 heteroatoms. The zero-order valence-electron chi connectivity index (χ0n) is 16.2. The Hall–Kier alpha value is -1.69. The van der Waals surface area contributed by atoms with E-state index in [1.54, 1.807) is 28.6 Å². The van der Waals surface area contributed by atoms with Crippen LogP contribution >= 0.6 is 0 Å². The monoisotopic (exact) mass is 438 g/mol. The van der Waals surface area contributed by atoms with Crippen LogP contribution in [0.5, 0.6) is 0 Å². The van der Waals surface area contributed by atoms with E-state index in [1.807, 2.05) is 6.07 Å². The third-order valence-corrected chi connectivity index (χ3v) is 7.06. The number of hydrogen-bond donors (Lipinski definition) is 1. The first-order valence-corrected chi connectivity index (χ1v) is 10.4. The van der Waals surface area contributed by atoms with Gasteiger partial charge in [-0.2, -0.15) is 17.5 Å². The van der Waals surface area contributed by atoms with Gasteiger partial charge >= 0.3 is 12.1 Å². The fourth-order valence-electron chi connectivity index (χ4n) is 3.68. The van der Waals surface area contributed by atoms with Gasteiger partial charge in [-0.25, -0.2) is 13.2 Å². The lowest BCUT2D eigenvalue weighted by atomic mass is 9.80. The molecule has 1 spiro atoms. The van der Waals surface area contributed by atoms with Crippen LogP contribution in [0.2, 0.25) is 0 Å². The Morgan fingerprint density at radius 1 is 1.24 bits per heavy atom. The van der Waals surface area contributed by atoms with Crippen LogP contribution in [0.3, 0.4) is 0 Å². The molecule has 2 aliphatic heterocycles. The number of hydrogen-bond acceptors (Lipinski definition) is 5. The fraction of sp³-hybridized carbons (Fsp3) is 0.611. The normalized spacial score (nSPS) is 26.6. The topological polar surface area (TPSA) is 87.2 Å². The van der Waals surface area contributed by atoms with E-state index in [0.29, 0.717) is 37.1 Å². The van der Waals surface area contributed by atoms with Gasteiger partial charge in [0.1, 0.15) is 0 Å². The minimum absolute atomic E-state index is 0.104. The Balaban J connectivity index is 0.000000370. The van der Waals surface area contributed by atoms with Crippen molar-refractivity contribution in [3.8, 4) is 0 Å². The number of halogens is 3. The average Bonchev–Trinajstić information content (AvgIpc) is 2.80. The fourth-order valence-corrected chi connectivity index (χ4v) is 5.22. The molecule has 2 fully saturated rings. The number of rotatable bonds is 2. The highest BCUT2D eigenvalue weighted by Gasteiger charge is 2.47. The number of carbonyl (C=O) groups is 1. The average molecular weight is 438 g/mol. The van der Waals surface area contributed by atoms with Crippen molar-refractivity contribution in [2.75, 3.05) is 46.4 Å². The van der Waals surface area contributed by atoms with E-state index in [2.05, 4.69) is 18.9 Å². The minimum atomic E-state index is -5.08. The number of likely N-dealkylation sites (tertiary alicyclic amines) is 1. The zero-order chi connectivity index (χ0) is 21.9. The van der Waals surface area contributed by atoms with Crippen LogP contribution in [0.15, 0.2) is 35.2 Å². The standard InChI is InChI=1S/C16H24N2O3S.C2HF3O2/c1-14-10-17(2)11-16(14)12-18(8-9-21-13-16)22(19,20)15-6-4-3-5-7-15;3-2(4,5)1(6)7/h3-7,14H,8-13H2,1-2H3;(H,6,7)/t14-,16+;/m0./s1. The summed E-state index contributed by atoms with van der Waals surface area (Å²) in [5, 5.41) is 7.12. The molecular weight excluding hydrogens is 413 g/mol. The quantitative estimate of drug-likeness (QED) is 0.759. The van der Waals surface area contributed by atoms with Crippen LogP contribution in [0.4, 0.5) is 13.2 Å². The molecule has 7 nitrogen and oxygen atoms in total. The Bertz CT molecular complexity index is 803. The molecule has 29 heavy (non-hydrogen) atoms. The number of alkyl halides is 3. The van der Waals surface area contributed by atoms with E-state index in [4.69, 9.17) is 14.6 Å². The third-order valence-electron chi connectivity index (χ3n) is 5.21. The van der Waals surface area contributed by atoms with Crippen LogP contribution in [0.1, 0.15) is 6.92 Å². The molecule has 2 aliphatic rings. The van der Waals surface area contributed by atoms with E-state index in [1.165, 1.54) is 0 Å². The van der Waals surface area contributed by atoms with Crippen molar-refractivity contribution in [2.24, 2.45) is 11.3 Å². The van der Waals surface area contributed by atoms with Gasteiger partial charge in [0.05, 0.1) is 18.1 Å². The van der Waals surface area contributed by atoms with Crippen molar-refractivity contribution in [3.63, 3.8) is 0 Å². The molecule has 0 saturated carbocycles. The van der Waals surface area contributed by atoms with Crippen LogP contribution in [-0.2, 0) is 19.6 Å². The lowest BCUT2D eigenvalue weighted by Gasteiger charge is -2.34. The summed E-state index contributed by atoms with van der Waals surface area (Å²) in [4.78, 5) is 11.5. The van der Waals surface area contributed by atoms with Gasteiger partial charge in [-0.3, -0.25) is 0 Å². The number of ether oxygens (including phenoxy) is 1. The highest BCUT2D eigenvalue weighted by Crippen LogP contribution is 2.38. The summed E-state index contributed by atoms with van der Waals surface area (Å²) >= 11 is 0. The highest BCUT2D eigenvalue weighted by molar-refractivity contribution is 7.89. The maximum Gasteiger partial charge on any atom is 0.490 e. The van der Waals surface area contributed by atoms with Crippen molar-refractivity contribution in [1.82, 2.24) is 9.21 Å². The highest BCUT2D eigenvalue weighted by atomic mass is 32.2. The van der Waals surface area contributed by atoms with Gasteiger partial charge in [-0.15, -0.1) is 0 Å². The van der Waals surface area contributed by atoms with Gasteiger partial charge in [-0.1, -0.05) is 25.1 Å². The van der Waals surface area contributed by atoms with Gasteiger partial charge in [0.25, 0.3) is 0 Å². The second-order valence-electron chi connectivity index (χ2n) is 7.47. The van der Waals surface area contributed by atoms with Crippen molar-refractivity contribution in [1.29, 1.82) is 0 Å². The molecule has 1 aromatic carbocycles. The predicted octanol–water partition coefficient (Wildman–Crippen LogP) is 1.91. The van der Waals surface area contributed by atoms with Crippen molar-refractivity contribution in [3.05, 3.63) is 30.3 Å². The van der Waals surface area contributed by atoms with Gasteiger partial charge in [0.2, 0.25) is 10.0 Å². The number of carboxylic acid groups (broad SMARTS) is 1. The first kappa shape index (κ1) is 23.6. The molecule has 1 N–H and O–H groups in total. The molecule has 0 amide bonds. The van der Waals surface area contributed by atoms with E-state index in [9.17, 15) is 21.6 Å². The summed E-state index contributed by atoms with van der Waals surface area (Å²) in [6.45, 7) is 6.14. The molecule has 0 bridgehead atoms.